The molecule has 1 fully saturated rings. The third-order valence-corrected chi connectivity index (χ3v) is 2.91. The minimum absolute atomic E-state index is 0.0210. The van der Waals surface area contributed by atoms with E-state index in [1.807, 2.05) is 0 Å². The molecule has 7 heteroatoms. The molecular weight excluding hydrogens is 238 g/mol. The lowest BCUT2D eigenvalue weighted by molar-refractivity contribution is -0.148. The molecule has 7 nitrogen and oxygen atoms in total. The monoisotopic (exact) mass is 257 g/mol. The first-order valence-corrected chi connectivity index (χ1v) is 5.92. The van der Waals surface area contributed by atoms with E-state index < -0.39 is 11.9 Å². The van der Waals surface area contributed by atoms with Crippen LogP contribution in [0, 0.1) is 0 Å². The molecule has 2 N–H and O–H groups in total. The van der Waals surface area contributed by atoms with Crippen molar-refractivity contribution >= 4 is 17.9 Å². The number of nitrogens with one attached hydrogen (secondary N) is 2. The van der Waals surface area contributed by atoms with Gasteiger partial charge in [0.1, 0.15) is 6.04 Å². The predicted molar refractivity (Wildman–Crippen MR) is 63.8 cm³/mol. The number of likely N-dealkylation sites (tertiary alicyclic amines) is 1. The van der Waals surface area contributed by atoms with E-state index in [4.69, 9.17) is 4.74 Å². The lowest BCUT2D eigenvalue weighted by Crippen LogP contribution is -2.51. The van der Waals surface area contributed by atoms with Crippen molar-refractivity contribution in [2.45, 2.75) is 25.3 Å². The zero-order valence-electron chi connectivity index (χ0n) is 10.7. The molecule has 0 aromatic heterocycles. The van der Waals surface area contributed by atoms with E-state index in [0.29, 0.717) is 13.0 Å². The summed E-state index contributed by atoms with van der Waals surface area (Å²) in [6.45, 7) is 0.675. The Morgan fingerprint density at radius 2 is 2.06 bits per heavy atom. The smallest absolute Gasteiger partial charge is 0.323 e. The molecule has 1 aliphatic rings. The average molecular weight is 257 g/mol. The van der Waals surface area contributed by atoms with Crippen LogP contribution in [0.5, 0.6) is 0 Å². The van der Waals surface area contributed by atoms with Crippen molar-refractivity contribution in [3.05, 3.63) is 0 Å². The summed E-state index contributed by atoms with van der Waals surface area (Å²) in [7, 11) is 2.76. The zero-order valence-corrected chi connectivity index (χ0v) is 10.7. The Balaban J connectivity index is 2.54. The molecule has 0 unspecified atom stereocenters. The highest BCUT2D eigenvalue weighted by Crippen LogP contribution is 2.17. The molecule has 1 atom stereocenters. The number of nitrogens with zero attached hydrogens (tertiary/aromatic N) is 1. The van der Waals surface area contributed by atoms with Crippen LogP contribution in [-0.4, -0.2) is 56.1 Å². The highest BCUT2D eigenvalue weighted by atomic mass is 16.5. The average Bonchev–Trinajstić information content (AvgIpc) is 2.38. The van der Waals surface area contributed by atoms with Crippen molar-refractivity contribution in [2.75, 3.05) is 27.2 Å². The molecule has 0 aromatic rings. The minimum Gasteiger partial charge on any atom is -0.468 e. The van der Waals surface area contributed by atoms with Crippen LogP contribution in [0.3, 0.4) is 0 Å². The second-order valence-electron chi connectivity index (χ2n) is 4.13. The Morgan fingerprint density at radius 3 is 2.67 bits per heavy atom. The van der Waals surface area contributed by atoms with E-state index in [2.05, 4.69) is 10.6 Å². The first-order chi connectivity index (χ1) is 8.58. The van der Waals surface area contributed by atoms with Gasteiger partial charge < -0.3 is 10.1 Å². The predicted octanol–water partition coefficient (Wildman–Crippen LogP) is -0.530. The zero-order chi connectivity index (χ0) is 13.5. The van der Waals surface area contributed by atoms with E-state index in [1.165, 1.54) is 14.2 Å². The minimum atomic E-state index is -0.549. The topological polar surface area (TPSA) is 87.7 Å². The lowest BCUT2D eigenvalue weighted by Gasteiger charge is -2.32. The second kappa shape index (κ2) is 6.95. The van der Waals surface area contributed by atoms with E-state index in [0.717, 1.165) is 12.8 Å². The molecule has 1 heterocycles. The van der Waals surface area contributed by atoms with Crippen LogP contribution in [0.25, 0.3) is 0 Å². The number of esters is 1. The Bertz CT molecular complexity index is 332. The number of carbonyl (C=O) groups is 3. The SMILES string of the molecule is CNC(=O)NC(=O)CN1CCCC[C@@H]1C(=O)OC. The van der Waals surface area contributed by atoms with Crippen LogP contribution in [-0.2, 0) is 14.3 Å². The molecule has 3 amide bonds. The van der Waals surface area contributed by atoms with Crippen molar-refractivity contribution in [3.8, 4) is 0 Å². The van der Waals surface area contributed by atoms with Crippen LogP contribution in [0.15, 0.2) is 0 Å². The molecule has 0 spiro atoms. The second-order valence-corrected chi connectivity index (χ2v) is 4.13. The van der Waals surface area contributed by atoms with Crippen molar-refractivity contribution in [2.24, 2.45) is 0 Å². The maximum absolute atomic E-state index is 11.6. The summed E-state index contributed by atoms with van der Waals surface area (Å²) in [6, 6.07) is -0.939. The fraction of sp³-hybridized carbons (Fsp3) is 0.727. The van der Waals surface area contributed by atoms with Gasteiger partial charge in [-0.2, -0.15) is 0 Å². The number of urea groups is 1. The number of piperidine rings is 1. The van der Waals surface area contributed by atoms with Crippen LogP contribution in [0.4, 0.5) is 4.79 Å². The summed E-state index contributed by atoms with van der Waals surface area (Å²) in [5, 5.41) is 4.47. The standard InChI is InChI=1S/C11H19N3O4/c1-12-11(17)13-9(15)7-14-6-4-3-5-8(14)10(16)18-2/h8H,3-7H2,1-2H3,(H2,12,13,15,17)/t8-/m1/s1. The van der Waals surface area contributed by atoms with E-state index in [-0.39, 0.29) is 18.6 Å². The molecule has 0 bridgehead atoms. The summed E-state index contributed by atoms with van der Waals surface area (Å²) in [5.41, 5.74) is 0. The number of carbonyl (C=O) groups excluding carboxylic acids is 3. The van der Waals surface area contributed by atoms with Gasteiger partial charge in [0, 0.05) is 7.05 Å². The van der Waals surface area contributed by atoms with Gasteiger partial charge in [-0.25, -0.2) is 4.79 Å². The largest absolute Gasteiger partial charge is 0.468 e. The maximum Gasteiger partial charge on any atom is 0.323 e. The number of rotatable bonds is 3. The van der Waals surface area contributed by atoms with Gasteiger partial charge >= 0.3 is 12.0 Å². The van der Waals surface area contributed by atoms with E-state index >= 15 is 0 Å². The fourth-order valence-electron chi connectivity index (χ4n) is 2.00. The third kappa shape index (κ3) is 3.99. The van der Waals surface area contributed by atoms with Crippen molar-refractivity contribution in [3.63, 3.8) is 0 Å². The number of hydrogen-bond acceptors (Lipinski definition) is 5. The molecular formula is C11H19N3O4. The number of methoxy groups -OCH3 is 1. The molecule has 1 saturated heterocycles. The Labute approximate surface area is 106 Å². The number of hydrogen-bond donors (Lipinski definition) is 2. The number of imide groups is 1. The van der Waals surface area contributed by atoms with E-state index in [9.17, 15) is 14.4 Å². The third-order valence-electron chi connectivity index (χ3n) is 2.91. The Hall–Kier alpha value is -1.63. The molecule has 0 aliphatic carbocycles. The quantitative estimate of drug-likeness (QED) is 0.664. The number of amides is 3. The summed E-state index contributed by atoms with van der Waals surface area (Å²) in [4.78, 5) is 35.9. The molecule has 0 radical (unpaired) electrons. The number of ether oxygens (including phenoxy) is 1. The van der Waals surface area contributed by atoms with Crippen LogP contribution < -0.4 is 10.6 Å². The van der Waals surface area contributed by atoms with Gasteiger partial charge in [-0.1, -0.05) is 6.42 Å². The van der Waals surface area contributed by atoms with Gasteiger partial charge in [0.25, 0.3) is 0 Å². The van der Waals surface area contributed by atoms with Crippen LogP contribution in [0.1, 0.15) is 19.3 Å². The van der Waals surface area contributed by atoms with Crippen LogP contribution >= 0.6 is 0 Å². The van der Waals surface area contributed by atoms with Gasteiger partial charge in [0.05, 0.1) is 13.7 Å². The highest BCUT2D eigenvalue weighted by molar-refractivity contribution is 5.95. The van der Waals surface area contributed by atoms with Gasteiger partial charge in [-0.05, 0) is 19.4 Å². The molecule has 1 aliphatic heterocycles. The summed E-state index contributed by atoms with van der Waals surface area (Å²) in [5.74, 6) is -0.757. The molecule has 1 rings (SSSR count). The molecule has 18 heavy (non-hydrogen) atoms. The van der Waals surface area contributed by atoms with E-state index in [1.54, 1.807) is 4.90 Å². The van der Waals surface area contributed by atoms with Gasteiger partial charge in [-0.3, -0.25) is 19.8 Å². The summed E-state index contributed by atoms with van der Waals surface area (Å²) >= 11 is 0. The van der Waals surface area contributed by atoms with Gasteiger partial charge in [-0.15, -0.1) is 0 Å². The highest BCUT2D eigenvalue weighted by Gasteiger charge is 2.30. The van der Waals surface area contributed by atoms with Crippen molar-refractivity contribution in [1.29, 1.82) is 0 Å². The molecule has 102 valence electrons. The molecule has 0 saturated carbocycles. The summed E-state index contributed by atoms with van der Waals surface area (Å²) < 4.78 is 4.71. The summed E-state index contributed by atoms with van der Waals surface area (Å²) in [6.07, 6.45) is 2.55. The van der Waals surface area contributed by atoms with Gasteiger partial charge in [0.2, 0.25) is 5.91 Å². The first-order valence-electron chi connectivity index (χ1n) is 5.92. The fourth-order valence-corrected chi connectivity index (χ4v) is 2.00. The van der Waals surface area contributed by atoms with Crippen molar-refractivity contribution in [1.82, 2.24) is 15.5 Å². The first kappa shape index (κ1) is 14.4. The van der Waals surface area contributed by atoms with Gasteiger partial charge in [0.15, 0.2) is 0 Å². The normalized spacial score (nSPS) is 20.0. The Kier molecular flexibility index (Phi) is 5.57. The molecule has 0 aromatic carbocycles. The lowest BCUT2D eigenvalue weighted by atomic mass is 10.0. The van der Waals surface area contributed by atoms with Crippen molar-refractivity contribution < 1.29 is 19.1 Å². The Morgan fingerprint density at radius 1 is 1.33 bits per heavy atom. The maximum atomic E-state index is 11.6. The van der Waals surface area contributed by atoms with Crippen LogP contribution in [0.2, 0.25) is 0 Å².